The maximum Gasteiger partial charge on any atom is 0.00608 e. The summed E-state index contributed by atoms with van der Waals surface area (Å²) in [5.41, 5.74) is 0.471. The summed E-state index contributed by atoms with van der Waals surface area (Å²) in [7, 11) is 0. The number of thioether (sulfide) groups is 1. The predicted molar refractivity (Wildman–Crippen MR) is 80.8 cm³/mol. The van der Waals surface area contributed by atoms with Crippen LogP contribution in [0, 0.1) is 11.3 Å². The molecule has 0 aromatic carbocycles. The third-order valence-corrected chi connectivity index (χ3v) is 4.91. The summed E-state index contributed by atoms with van der Waals surface area (Å²) in [6.45, 7) is 11.7. The van der Waals surface area contributed by atoms with Crippen LogP contribution in [-0.4, -0.2) is 24.1 Å². The van der Waals surface area contributed by atoms with Crippen molar-refractivity contribution in [1.82, 2.24) is 5.32 Å². The van der Waals surface area contributed by atoms with E-state index in [4.69, 9.17) is 0 Å². The summed E-state index contributed by atoms with van der Waals surface area (Å²) < 4.78 is 0. The Balaban J connectivity index is 1.93. The minimum Gasteiger partial charge on any atom is -0.316 e. The molecule has 1 aliphatic rings. The molecule has 1 aliphatic carbocycles. The third kappa shape index (κ3) is 8.10. The van der Waals surface area contributed by atoms with Gasteiger partial charge < -0.3 is 5.32 Å². The first-order chi connectivity index (χ1) is 7.97. The molecule has 1 saturated carbocycles. The zero-order valence-corrected chi connectivity index (χ0v) is 13.0. The van der Waals surface area contributed by atoms with Crippen molar-refractivity contribution in [2.45, 2.75) is 65.0 Å². The van der Waals surface area contributed by atoms with E-state index in [1.54, 1.807) is 0 Å². The quantitative estimate of drug-likeness (QED) is 0.711. The molecule has 102 valence electrons. The molecule has 2 heteroatoms. The highest BCUT2D eigenvalue weighted by Crippen LogP contribution is 2.31. The van der Waals surface area contributed by atoms with Crippen LogP contribution >= 0.6 is 11.8 Å². The highest BCUT2D eigenvalue weighted by atomic mass is 32.2. The van der Waals surface area contributed by atoms with Crippen molar-refractivity contribution >= 4 is 11.8 Å². The third-order valence-electron chi connectivity index (χ3n) is 3.57. The molecule has 2 atom stereocenters. The Bertz CT molecular complexity index is 198. The lowest BCUT2D eigenvalue weighted by molar-refractivity contribution is 0.369. The van der Waals surface area contributed by atoms with Crippen molar-refractivity contribution < 1.29 is 0 Å². The zero-order chi connectivity index (χ0) is 12.7. The second-order valence-electron chi connectivity index (χ2n) is 6.83. The fourth-order valence-electron chi connectivity index (χ4n) is 2.42. The number of nitrogens with one attached hydrogen (secondary N) is 1. The molecule has 0 heterocycles. The predicted octanol–water partition coefficient (Wildman–Crippen LogP) is 4.32. The van der Waals surface area contributed by atoms with Crippen LogP contribution in [0.1, 0.15) is 59.8 Å². The van der Waals surface area contributed by atoms with Crippen LogP contribution in [-0.2, 0) is 0 Å². The van der Waals surface area contributed by atoms with Crippen LogP contribution in [0.4, 0.5) is 0 Å². The minimum atomic E-state index is 0.471. The van der Waals surface area contributed by atoms with E-state index >= 15 is 0 Å². The Labute approximate surface area is 113 Å². The van der Waals surface area contributed by atoms with Gasteiger partial charge in [-0.3, -0.25) is 0 Å². The average Bonchev–Trinajstić information content (AvgIpc) is 2.22. The summed E-state index contributed by atoms with van der Waals surface area (Å²) in [6, 6.07) is 0. The largest absolute Gasteiger partial charge is 0.316 e. The monoisotopic (exact) mass is 257 g/mol. The van der Waals surface area contributed by atoms with Gasteiger partial charge in [0.2, 0.25) is 0 Å². The molecule has 0 spiro atoms. The molecule has 1 N–H and O–H groups in total. The van der Waals surface area contributed by atoms with E-state index in [9.17, 15) is 0 Å². The molecule has 0 aliphatic heterocycles. The first-order valence-corrected chi connectivity index (χ1v) is 8.34. The molecule has 0 aromatic heterocycles. The summed E-state index contributed by atoms with van der Waals surface area (Å²) in [4.78, 5) is 0. The molecular weight excluding hydrogens is 226 g/mol. The molecule has 1 rings (SSSR count). The zero-order valence-electron chi connectivity index (χ0n) is 12.2. The maximum absolute atomic E-state index is 3.57. The lowest BCUT2D eigenvalue weighted by atomic mass is 9.91. The molecule has 1 nitrogen and oxygen atoms in total. The lowest BCUT2D eigenvalue weighted by Crippen LogP contribution is -2.24. The summed E-state index contributed by atoms with van der Waals surface area (Å²) in [5.74, 6) is 2.26. The maximum atomic E-state index is 3.57. The van der Waals surface area contributed by atoms with E-state index in [0.29, 0.717) is 5.41 Å². The SMILES string of the molecule is CC1CCCC(SCCNCCC(C)(C)C)C1. The molecule has 2 unspecified atom stereocenters. The summed E-state index contributed by atoms with van der Waals surface area (Å²) >= 11 is 2.20. The second kappa shape index (κ2) is 7.68. The van der Waals surface area contributed by atoms with Crippen LogP contribution in [0.25, 0.3) is 0 Å². The lowest BCUT2D eigenvalue weighted by Gasteiger charge is -2.26. The van der Waals surface area contributed by atoms with Gasteiger partial charge in [0.05, 0.1) is 0 Å². The van der Waals surface area contributed by atoms with E-state index in [-0.39, 0.29) is 0 Å². The van der Waals surface area contributed by atoms with Gasteiger partial charge in [-0.15, -0.1) is 0 Å². The molecule has 1 fully saturated rings. The fraction of sp³-hybridized carbons (Fsp3) is 1.00. The topological polar surface area (TPSA) is 12.0 Å². The Morgan fingerprint density at radius 2 is 1.94 bits per heavy atom. The highest BCUT2D eigenvalue weighted by molar-refractivity contribution is 7.99. The van der Waals surface area contributed by atoms with Crippen molar-refractivity contribution in [2.75, 3.05) is 18.8 Å². The molecular formula is C15H31NS. The van der Waals surface area contributed by atoms with Gasteiger partial charge in [0, 0.05) is 17.5 Å². The Kier molecular flexibility index (Phi) is 6.94. The number of hydrogen-bond acceptors (Lipinski definition) is 2. The van der Waals surface area contributed by atoms with E-state index in [1.807, 2.05) is 0 Å². The molecule has 0 bridgehead atoms. The van der Waals surface area contributed by atoms with Crippen molar-refractivity contribution in [2.24, 2.45) is 11.3 Å². The first-order valence-electron chi connectivity index (χ1n) is 7.30. The molecule has 17 heavy (non-hydrogen) atoms. The molecule has 0 aromatic rings. The van der Waals surface area contributed by atoms with Gasteiger partial charge in [-0.25, -0.2) is 0 Å². The van der Waals surface area contributed by atoms with Crippen LogP contribution < -0.4 is 5.32 Å². The van der Waals surface area contributed by atoms with Gasteiger partial charge in [0.15, 0.2) is 0 Å². The Morgan fingerprint density at radius 1 is 1.18 bits per heavy atom. The molecule has 0 saturated heterocycles. The summed E-state index contributed by atoms with van der Waals surface area (Å²) in [5, 5.41) is 4.52. The van der Waals surface area contributed by atoms with E-state index in [1.165, 1.54) is 50.9 Å². The average molecular weight is 257 g/mol. The van der Waals surface area contributed by atoms with Crippen molar-refractivity contribution in [3.05, 3.63) is 0 Å². The van der Waals surface area contributed by atoms with E-state index < -0.39 is 0 Å². The minimum absolute atomic E-state index is 0.471. The molecule has 0 radical (unpaired) electrons. The van der Waals surface area contributed by atoms with Crippen LogP contribution in [0.15, 0.2) is 0 Å². The number of hydrogen-bond donors (Lipinski definition) is 1. The van der Waals surface area contributed by atoms with Crippen LogP contribution in [0.2, 0.25) is 0 Å². The smallest absolute Gasteiger partial charge is 0.00608 e. The van der Waals surface area contributed by atoms with Gasteiger partial charge in [-0.2, -0.15) is 11.8 Å². The number of rotatable bonds is 6. The second-order valence-corrected chi connectivity index (χ2v) is 8.23. The standard InChI is InChI=1S/C15H31NS/c1-13-6-5-7-14(12-13)17-11-10-16-9-8-15(2,3)4/h13-14,16H,5-12H2,1-4H3. The van der Waals surface area contributed by atoms with Crippen LogP contribution in [0.5, 0.6) is 0 Å². The van der Waals surface area contributed by atoms with Gasteiger partial charge in [-0.1, -0.05) is 40.5 Å². The van der Waals surface area contributed by atoms with Crippen molar-refractivity contribution in [3.8, 4) is 0 Å². The Morgan fingerprint density at radius 3 is 2.59 bits per heavy atom. The van der Waals surface area contributed by atoms with Gasteiger partial charge in [-0.05, 0) is 37.1 Å². The first kappa shape index (κ1) is 15.4. The Hall–Kier alpha value is 0.310. The van der Waals surface area contributed by atoms with Gasteiger partial charge in [0.1, 0.15) is 0 Å². The van der Waals surface area contributed by atoms with Gasteiger partial charge in [0.25, 0.3) is 0 Å². The van der Waals surface area contributed by atoms with Crippen molar-refractivity contribution in [1.29, 1.82) is 0 Å². The van der Waals surface area contributed by atoms with Crippen molar-refractivity contribution in [3.63, 3.8) is 0 Å². The van der Waals surface area contributed by atoms with Crippen LogP contribution in [0.3, 0.4) is 0 Å². The highest BCUT2D eigenvalue weighted by Gasteiger charge is 2.18. The van der Waals surface area contributed by atoms with Gasteiger partial charge >= 0.3 is 0 Å². The summed E-state index contributed by atoms with van der Waals surface area (Å²) in [6.07, 6.45) is 7.10. The molecule has 0 amide bonds. The fourth-order valence-corrected chi connectivity index (χ4v) is 3.81. The van der Waals surface area contributed by atoms with E-state index in [2.05, 4.69) is 44.8 Å². The normalized spacial score (nSPS) is 26.1. The van der Waals surface area contributed by atoms with E-state index in [0.717, 1.165) is 11.2 Å².